The van der Waals surface area contributed by atoms with Gasteiger partial charge in [-0.05, 0) is 48.1 Å². The summed E-state index contributed by atoms with van der Waals surface area (Å²) in [6, 6.07) is 19.0. The molecular weight excluding hydrogens is 324 g/mol. The van der Waals surface area contributed by atoms with Gasteiger partial charge in [0, 0.05) is 17.1 Å². The molecule has 0 bridgehead atoms. The maximum Gasteiger partial charge on any atom is 0.0991 e. The number of halogens is 1. The van der Waals surface area contributed by atoms with Gasteiger partial charge in [0.2, 0.25) is 0 Å². The highest BCUT2D eigenvalue weighted by Crippen LogP contribution is 2.40. The van der Waals surface area contributed by atoms with Gasteiger partial charge in [0.1, 0.15) is 0 Å². The van der Waals surface area contributed by atoms with Gasteiger partial charge in [0.25, 0.3) is 0 Å². The van der Waals surface area contributed by atoms with E-state index in [2.05, 4.69) is 51.6 Å². The van der Waals surface area contributed by atoms with E-state index in [4.69, 9.17) is 5.26 Å². The van der Waals surface area contributed by atoms with Crippen LogP contribution in [0.25, 0.3) is 0 Å². The Kier molecular flexibility index (Phi) is 4.38. The van der Waals surface area contributed by atoms with Crippen LogP contribution >= 0.6 is 15.9 Å². The number of rotatable bonds is 4. The lowest BCUT2D eigenvalue weighted by atomic mass is 9.76. The SMILES string of the molecule is N#Cc1ccc(CNC2CC(c3ccccc3Br)C2)cc1. The van der Waals surface area contributed by atoms with Crippen molar-refractivity contribution in [3.05, 3.63) is 69.7 Å². The van der Waals surface area contributed by atoms with Crippen LogP contribution in [0.1, 0.15) is 35.4 Å². The van der Waals surface area contributed by atoms with E-state index in [9.17, 15) is 0 Å². The Bertz CT molecular complexity index is 652. The van der Waals surface area contributed by atoms with Crippen molar-refractivity contribution in [1.82, 2.24) is 5.32 Å². The van der Waals surface area contributed by atoms with Crippen LogP contribution in [0.4, 0.5) is 0 Å². The average Bonchev–Trinajstić information content (AvgIpc) is 2.48. The third-order valence-corrected chi connectivity index (χ3v) is 4.88. The third kappa shape index (κ3) is 3.34. The molecule has 2 nitrogen and oxygen atoms in total. The van der Waals surface area contributed by atoms with E-state index >= 15 is 0 Å². The van der Waals surface area contributed by atoms with Crippen LogP contribution in [0.5, 0.6) is 0 Å². The molecule has 0 amide bonds. The molecule has 2 aromatic rings. The molecule has 106 valence electrons. The Balaban J connectivity index is 1.49. The van der Waals surface area contributed by atoms with Gasteiger partial charge in [-0.2, -0.15) is 5.26 Å². The number of hydrogen-bond donors (Lipinski definition) is 1. The molecule has 0 aliphatic heterocycles. The quantitative estimate of drug-likeness (QED) is 0.897. The molecular formula is C18H17BrN2. The molecule has 21 heavy (non-hydrogen) atoms. The largest absolute Gasteiger partial charge is 0.310 e. The number of nitrogens with one attached hydrogen (secondary N) is 1. The van der Waals surface area contributed by atoms with E-state index < -0.39 is 0 Å². The van der Waals surface area contributed by atoms with Gasteiger partial charge < -0.3 is 5.32 Å². The summed E-state index contributed by atoms with van der Waals surface area (Å²) in [5.41, 5.74) is 3.38. The van der Waals surface area contributed by atoms with Crippen LogP contribution in [0.15, 0.2) is 53.0 Å². The van der Waals surface area contributed by atoms with Crippen molar-refractivity contribution in [3.8, 4) is 6.07 Å². The van der Waals surface area contributed by atoms with Gasteiger partial charge in [0.05, 0.1) is 11.6 Å². The minimum atomic E-state index is 0.595. The van der Waals surface area contributed by atoms with Crippen molar-refractivity contribution in [2.24, 2.45) is 0 Å². The fraction of sp³-hybridized carbons (Fsp3) is 0.278. The molecule has 2 aromatic carbocycles. The van der Waals surface area contributed by atoms with Crippen molar-refractivity contribution >= 4 is 15.9 Å². The summed E-state index contributed by atoms with van der Waals surface area (Å²) < 4.78 is 1.22. The second-order valence-electron chi connectivity index (χ2n) is 5.58. The second-order valence-corrected chi connectivity index (χ2v) is 6.43. The molecule has 0 radical (unpaired) electrons. The standard InChI is InChI=1S/C18H17BrN2/c19-18-4-2-1-3-17(18)15-9-16(10-15)21-12-14-7-5-13(11-20)6-8-14/h1-8,15-16,21H,9-10,12H2. The summed E-state index contributed by atoms with van der Waals surface area (Å²) in [6.45, 7) is 0.874. The predicted octanol–water partition coefficient (Wildman–Crippen LogP) is 4.36. The van der Waals surface area contributed by atoms with Gasteiger partial charge in [-0.15, -0.1) is 0 Å². The first kappa shape index (κ1) is 14.3. The summed E-state index contributed by atoms with van der Waals surface area (Å²) in [7, 11) is 0. The number of benzene rings is 2. The molecule has 0 atom stereocenters. The fourth-order valence-corrected chi connectivity index (χ4v) is 3.41. The van der Waals surface area contributed by atoms with E-state index in [0.29, 0.717) is 12.0 Å². The van der Waals surface area contributed by atoms with Gasteiger partial charge in [-0.1, -0.05) is 46.3 Å². The lowest BCUT2D eigenvalue weighted by molar-refractivity contribution is 0.289. The first-order valence-electron chi connectivity index (χ1n) is 7.23. The summed E-state index contributed by atoms with van der Waals surface area (Å²) in [5.74, 6) is 0.666. The predicted molar refractivity (Wildman–Crippen MR) is 87.9 cm³/mol. The topological polar surface area (TPSA) is 35.8 Å². The summed E-state index contributed by atoms with van der Waals surface area (Å²) in [6.07, 6.45) is 2.39. The Morgan fingerprint density at radius 2 is 1.81 bits per heavy atom. The van der Waals surface area contributed by atoms with Crippen LogP contribution < -0.4 is 5.32 Å². The van der Waals surface area contributed by atoms with Crippen molar-refractivity contribution < 1.29 is 0 Å². The molecule has 1 saturated carbocycles. The summed E-state index contributed by atoms with van der Waals surface area (Å²) in [4.78, 5) is 0. The van der Waals surface area contributed by atoms with Crippen LogP contribution in [-0.2, 0) is 6.54 Å². The van der Waals surface area contributed by atoms with E-state index in [1.165, 1.54) is 28.4 Å². The Hall–Kier alpha value is -1.63. The molecule has 0 spiro atoms. The van der Waals surface area contributed by atoms with Crippen LogP contribution in [0.2, 0.25) is 0 Å². The highest BCUT2D eigenvalue weighted by molar-refractivity contribution is 9.10. The fourth-order valence-electron chi connectivity index (χ4n) is 2.80. The smallest absolute Gasteiger partial charge is 0.0991 e. The molecule has 3 heteroatoms. The molecule has 1 aliphatic rings. The van der Waals surface area contributed by atoms with Crippen molar-refractivity contribution in [1.29, 1.82) is 5.26 Å². The molecule has 1 fully saturated rings. The minimum Gasteiger partial charge on any atom is -0.310 e. The lowest BCUT2D eigenvalue weighted by Gasteiger charge is -2.37. The highest BCUT2D eigenvalue weighted by Gasteiger charge is 2.30. The monoisotopic (exact) mass is 340 g/mol. The molecule has 1 aliphatic carbocycles. The van der Waals surface area contributed by atoms with Crippen molar-refractivity contribution in [2.75, 3.05) is 0 Å². The van der Waals surface area contributed by atoms with Gasteiger partial charge in [0.15, 0.2) is 0 Å². The zero-order chi connectivity index (χ0) is 14.7. The van der Waals surface area contributed by atoms with Crippen LogP contribution in [-0.4, -0.2) is 6.04 Å². The van der Waals surface area contributed by atoms with Gasteiger partial charge >= 0.3 is 0 Å². The Labute approximate surface area is 133 Å². The summed E-state index contributed by atoms with van der Waals surface area (Å²) >= 11 is 3.63. The number of hydrogen-bond acceptors (Lipinski definition) is 2. The Morgan fingerprint density at radius 3 is 2.48 bits per heavy atom. The Morgan fingerprint density at radius 1 is 1.10 bits per heavy atom. The van der Waals surface area contributed by atoms with Crippen molar-refractivity contribution in [2.45, 2.75) is 31.3 Å². The minimum absolute atomic E-state index is 0.595. The molecule has 0 saturated heterocycles. The van der Waals surface area contributed by atoms with E-state index in [-0.39, 0.29) is 0 Å². The third-order valence-electron chi connectivity index (χ3n) is 4.16. The zero-order valence-electron chi connectivity index (χ0n) is 11.7. The second kappa shape index (κ2) is 6.43. The maximum atomic E-state index is 8.78. The number of nitrogens with zero attached hydrogens (tertiary/aromatic N) is 1. The van der Waals surface area contributed by atoms with Gasteiger partial charge in [-0.25, -0.2) is 0 Å². The van der Waals surface area contributed by atoms with E-state index in [1.807, 2.05) is 24.3 Å². The van der Waals surface area contributed by atoms with E-state index in [0.717, 1.165) is 12.1 Å². The van der Waals surface area contributed by atoms with Crippen LogP contribution in [0, 0.1) is 11.3 Å². The lowest BCUT2D eigenvalue weighted by Crippen LogP contribution is -2.39. The molecule has 3 rings (SSSR count). The number of nitriles is 1. The van der Waals surface area contributed by atoms with Gasteiger partial charge in [-0.3, -0.25) is 0 Å². The first-order chi connectivity index (χ1) is 10.3. The molecule has 0 aromatic heterocycles. The normalized spacial score (nSPS) is 20.6. The molecule has 1 N–H and O–H groups in total. The first-order valence-corrected chi connectivity index (χ1v) is 8.02. The highest BCUT2D eigenvalue weighted by atomic mass is 79.9. The van der Waals surface area contributed by atoms with E-state index in [1.54, 1.807) is 0 Å². The molecule has 0 unspecified atom stereocenters. The van der Waals surface area contributed by atoms with Crippen molar-refractivity contribution in [3.63, 3.8) is 0 Å². The maximum absolute atomic E-state index is 8.78. The zero-order valence-corrected chi connectivity index (χ0v) is 13.3. The average molecular weight is 341 g/mol. The molecule has 0 heterocycles. The van der Waals surface area contributed by atoms with Crippen LogP contribution in [0.3, 0.4) is 0 Å². The summed E-state index contributed by atoms with van der Waals surface area (Å²) in [5, 5.41) is 12.4.